The molecule has 3 heterocycles. The number of nitrogens with one attached hydrogen (secondary N) is 1. The number of likely N-dealkylation sites (tertiary alicyclic amines) is 1. The van der Waals surface area contributed by atoms with Crippen LogP contribution >= 0.6 is 22.9 Å². The van der Waals surface area contributed by atoms with E-state index in [1.807, 2.05) is 35.2 Å². The number of aliphatic carboxylic acids is 1. The number of hydrogen-bond acceptors (Lipinski definition) is 7. The van der Waals surface area contributed by atoms with Crippen molar-refractivity contribution >= 4 is 56.5 Å². The van der Waals surface area contributed by atoms with E-state index in [1.54, 1.807) is 5.38 Å². The van der Waals surface area contributed by atoms with Gasteiger partial charge in [0.25, 0.3) is 5.91 Å². The Kier molecular flexibility index (Phi) is 11.5. The first kappa shape index (κ1) is 36.5. The number of amides is 2. The summed E-state index contributed by atoms with van der Waals surface area (Å²) < 4.78 is 22.9. The smallest absolute Gasteiger partial charge is 0.306 e. The summed E-state index contributed by atoms with van der Waals surface area (Å²) in [6, 6.07) is 20.6. The molecular formula is C40H44ClFN4O5S. The minimum Gasteiger partial charge on any atom is -0.481 e. The predicted molar refractivity (Wildman–Crippen MR) is 201 cm³/mol. The number of anilines is 1. The Hall–Kier alpha value is -3.87. The van der Waals surface area contributed by atoms with Crippen molar-refractivity contribution in [3.63, 3.8) is 0 Å². The number of fused-ring (bicyclic) bond motifs is 1. The zero-order chi connectivity index (χ0) is 36.2. The van der Waals surface area contributed by atoms with E-state index in [9.17, 15) is 19.5 Å². The van der Waals surface area contributed by atoms with E-state index in [0.29, 0.717) is 44.4 Å². The van der Waals surface area contributed by atoms with Gasteiger partial charge in [-0.1, -0.05) is 60.1 Å². The molecule has 1 aromatic heterocycles. The van der Waals surface area contributed by atoms with Gasteiger partial charge < -0.3 is 20.1 Å². The van der Waals surface area contributed by atoms with Gasteiger partial charge in [-0.25, -0.2) is 4.39 Å². The lowest BCUT2D eigenvalue weighted by molar-refractivity contribution is -0.144. The van der Waals surface area contributed by atoms with Crippen molar-refractivity contribution < 1.29 is 28.6 Å². The highest BCUT2D eigenvalue weighted by molar-refractivity contribution is 7.17. The fraction of sp³-hybridized carbons (Fsp3) is 0.425. The number of piperazine rings is 1. The van der Waals surface area contributed by atoms with Crippen LogP contribution in [-0.4, -0.2) is 95.1 Å². The van der Waals surface area contributed by atoms with Gasteiger partial charge in [0.05, 0.1) is 47.4 Å². The van der Waals surface area contributed by atoms with Gasteiger partial charge in [-0.3, -0.25) is 24.2 Å². The van der Waals surface area contributed by atoms with Crippen LogP contribution in [0.25, 0.3) is 10.1 Å². The maximum absolute atomic E-state index is 15.6. The number of carboxylic acids is 1. The summed E-state index contributed by atoms with van der Waals surface area (Å²) in [6.07, 6.45) is 3.07. The first-order valence-electron chi connectivity index (χ1n) is 18.1. The predicted octanol–water partition coefficient (Wildman–Crippen LogP) is 6.94. The third kappa shape index (κ3) is 8.50. The highest BCUT2D eigenvalue weighted by atomic mass is 35.5. The second-order valence-corrected chi connectivity index (χ2v) is 15.6. The van der Waals surface area contributed by atoms with Gasteiger partial charge in [-0.2, -0.15) is 0 Å². The van der Waals surface area contributed by atoms with Gasteiger partial charge in [0, 0.05) is 60.8 Å². The second-order valence-electron chi connectivity index (χ2n) is 14.2. The van der Waals surface area contributed by atoms with Crippen molar-refractivity contribution in [2.75, 3.05) is 44.6 Å². The van der Waals surface area contributed by atoms with E-state index in [1.165, 1.54) is 29.0 Å². The van der Waals surface area contributed by atoms with Gasteiger partial charge in [0.15, 0.2) is 0 Å². The lowest BCUT2D eigenvalue weighted by Gasteiger charge is -2.38. The Bertz CT molecular complexity index is 1890. The van der Waals surface area contributed by atoms with E-state index in [0.717, 1.165) is 49.2 Å². The number of carbonyl (C=O) groups excluding carboxylic acids is 2. The van der Waals surface area contributed by atoms with Crippen LogP contribution in [-0.2, 0) is 27.3 Å². The van der Waals surface area contributed by atoms with Crippen LogP contribution in [0.5, 0.6) is 0 Å². The minimum absolute atomic E-state index is 0.0424. The van der Waals surface area contributed by atoms with Crippen LogP contribution in [0.4, 0.5) is 10.1 Å². The summed E-state index contributed by atoms with van der Waals surface area (Å²) in [5, 5.41) is 14.9. The summed E-state index contributed by atoms with van der Waals surface area (Å²) in [5.74, 6) is -2.28. The SMILES string of the molecule is O=C(Nc1cc(F)c(CC(=O)N2C[C@@H](N3CCN(Cc4ccccc4)CC3)C[C@H]2COC2CCC(C(=O)O)CC2)cc1Cl)c1csc2ccccc12. The van der Waals surface area contributed by atoms with E-state index in [-0.39, 0.29) is 58.6 Å². The number of ether oxygens (including phenoxy) is 1. The molecule has 52 heavy (non-hydrogen) atoms. The zero-order valence-corrected chi connectivity index (χ0v) is 30.6. The van der Waals surface area contributed by atoms with Crippen LogP contribution in [0, 0.1) is 11.7 Å². The molecule has 0 unspecified atom stereocenters. The monoisotopic (exact) mass is 746 g/mol. The molecule has 1 aliphatic carbocycles. The van der Waals surface area contributed by atoms with Gasteiger partial charge in [0.2, 0.25) is 5.91 Å². The number of rotatable bonds is 11. The Balaban J connectivity index is 1.01. The first-order chi connectivity index (χ1) is 25.2. The van der Waals surface area contributed by atoms with Gasteiger partial charge in [-0.15, -0.1) is 11.3 Å². The molecule has 2 aliphatic heterocycles. The molecule has 0 bridgehead atoms. The number of hydrogen-bond donors (Lipinski definition) is 2. The Morgan fingerprint density at radius 3 is 2.44 bits per heavy atom. The summed E-state index contributed by atoms with van der Waals surface area (Å²) in [7, 11) is 0. The van der Waals surface area contributed by atoms with E-state index >= 15 is 4.39 Å². The molecule has 12 heteroatoms. The van der Waals surface area contributed by atoms with Crippen molar-refractivity contribution in [3.05, 3.63) is 99.6 Å². The molecule has 3 aromatic carbocycles. The van der Waals surface area contributed by atoms with Crippen molar-refractivity contribution in [3.8, 4) is 0 Å². The van der Waals surface area contributed by atoms with Crippen LogP contribution in [0.2, 0.25) is 5.02 Å². The second kappa shape index (κ2) is 16.4. The molecule has 4 aromatic rings. The number of nitrogens with zero attached hydrogens (tertiary/aromatic N) is 3. The molecule has 274 valence electrons. The molecule has 2 atom stereocenters. The largest absolute Gasteiger partial charge is 0.481 e. The Morgan fingerprint density at radius 2 is 1.69 bits per heavy atom. The van der Waals surface area contributed by atoms with E-state index in [2.05, 4.69) is 39.4 Å². The third-order valence-electron chi connectivity index (χ3n) is 10.9. The first-order valence-corrected chi connectivity index (χ1v) is 19.4. The number of carboxylic acid groups (broad SMARTS) is 1. The van der Waals surface area contributed by atoms with Crippen LogP contribution in [0.3, 0.4) is 0 Å². The van der Waals surface area contributed by atoms with Gasteiger partial charge in [0.1, 0.15) is 5.82 Å². The average molecular weight is 747 g/mol. The third-order valence-corrected chi connectivity index (χ3v) is 12.2. The lowest BCUT2D eigenvalue weighted by atomic mass is 9.87. The fourth-order valence-electron chi connectivity index (χ4n) is 7.90. The van der Waals surface area contributed by atoms with Gasteiger partial charge >= 0.3 is 5.97 Å². The number of halogens is 2. The molecule has 2 saturated heterocycles. The summed E-state index contributed by atoms with van der Waals surface area (Å²) >= 11 is 8.04. The number of carbonyl (C=O) groups is 3. The maximum atomic E-state index is 15.6. The summed E-state index contributed by atoms with van der Waals surface area (Å²) in [5.41, 5.74) is 2.09. The molecule has 9 nitrogen and oxygen atoms in total. The van der Waals surface area contributed by atoms with Crippen LogP contribution < -0.4 is 5.32 Å². The Morgan fingerprint density at radius 1 is 0.962 bits per heavy atom. The standard InChI is InChI=1S/C40H44ClFN4O5S/c41-34-18-28(35(42)21-36(34)43-39(48)33-25-52-37-9-5-4-8-32(33)37)19-38(47)46-23-29(20-30(46)24-51-31-12-10-27(11-13-31)40(49)50)45-16-14-44(15-17-45)22-26-6-2-1-3-7-26/h1-9,18,21,25,27,29-31H,10-17,19-20,22-24H2,(H,43,48)(H,49,50)/t27?,29-,30-,31?/m0/s1. The number of benzene rings is 3. The van der Waals surface area contributed by atoms with Crippen LogP contribution in [0.15, 0.2) is 72.1 Å². The molecule has 0 spiro atoms. The van der Waals surface area contributed by atoms with Crippen molar-refractivity contribution in [1.29, 1.82) is 0 Å². The zero-order valence-electron chi connectivity index (χ0n) is 29.0. The molecular weight excluding hydrogens is 703 g/mol. The topological polar surface area (TPSA) is 102 Å². The normalized spacial score (nSPS) is 22.8. The maximum Gasteiger partial charge on any atom is 0.306 e. The van der Waals surface area contributed by atoms with E-state index < -0.39 is 11.8 Å². The molecule has 2 amide bonds. The molecule has 7 rings (SSSR count). The fourth-order valence-corrected chi connectivity index (χ4v) is 9.07. The summed E-state index contributed by atoms with van der Waals surface area (Å²) in [4.78, 5) is 45.3. The molecule has 3 fully saturated rings. The molecule has 0 radical (unpaired) electrons. The average Bonchev–Trinajstić information content (AvgIpc) is 3.79. The molecule has 1 saturated carbocycles. The minimum atomic E-state index is -0.753. The number of thiophene rings is 1. The van der Waals surface area contributed by atoms with Crippen molar-refractivity contribution in [1.82, 2.24) is 14.7 Å². The van der Waals surface area contributed by atoms with Gasteiger partial charge in [-0.05, 0) is 61.4 Å². The highest BCUT2D eigenvalue weighted by Gasteiger charge is 2.40. The Labute approximate surface area is 312 Å². The van der Waals surface area contributed by atoms with Crippen molar-refractivity contribution in [2.45, 2.75) is 63.3 Å². The van der Waals surface area contributed by atoms with Crippen LogP contribution in [0.1, 0.15) is 53.6 Å². The molecule has 2 N–H and O–H groups in total. The summed E-state index contributed by atoms with van der Waals surface area (Å²) in [6.45, 7) is 5.44. The highest BCUT2D eigenvalue weighted by Crippen LogP contribution is 2.32. The molecule has 3 aliphatic rings. The van der Waals surface area contributed by atoms with E-state index in [4.69, 9.17) is 16.3 Å². The lowest BCUT2D eigenvalue weighted by Crippen LogP contribution is -2.50. The van der Waals surface area contributed by atoms with Crippen molar-refractivity contribution in [2.24, 2.45) is 5.92 Å². The quantitative estimate of drug-likeness (QED) is 0.172.